The molecule has 1 fully saturated rings. The van der Waals surface area contributed by atoms with Crippen molar-refractivity contribution < 1.29 is 72.9 Å². The average molecular weight is 1360 g/mol. The van der Waals surface area contributed by atoms with Gasteiger partial charge in [-0.05, 0) is 113 Å². The molecule has 0 aromatic carbocycles. The molecular weight excluding hydrogens is 1240 g/mol. The minimum atomic E-state index is -1.61. The number of nitrogens with one attached hydrogen (secondary N) is 5. The van der Waals surface area contributed by atoms with Crippen molar-refractivity contribution in [3.63, 3.8) is 0 Å². The van der Waals surface area contributed by atoms with Crippen LogP contribution in [-0.4, -0.2) is 256 Å². The third-order valence-corrected chi connectivity index (χ3v) is 17.4. The first-order valence-corrected chi connectivity index (χ1v) is 34.2. The zero-order valence-corrected chi connectivity index (χ0v) is 62.9. The second-order valence-electron chi connectivity index (χ2n) is 29.0. The molecule has 1 aliphatic heterocycles. The molecular formula is C69H126N12O15. The first-order chi connectivity index (χ1) is 44.3. The Morgan fingerprint density at radius 2 is 0.938 bits per heavy atom. The Morgan fingerprint density at radius 1 is 0.510 bits per heavy atom. The fourth-order valence-corrected chi connectivity index (χ4v) is 11.5. The van der Waals surface area contributed by atoms with Crippen molar-refractivity contribution in [3.05, 3.63) is 12.2 Å². The van der Waals surface area contributed by atoms with E-state index in [0.29, 0.717) is 18.8 Å². The van der Waals surface area contributed by atoms with Gasteiger partial charge in [-0.25, -0.2) is 0 Å². The molecule has 1 rings (SSSR count). The van der Waals surface area contributed by atoms with Crippen LogP contribution in [0.4, 0.5) is 0 Å². The van der Waals surface area contributed by atoms with Crippen molar-refractivity contribution in [2.75, 3.05) is 62.6 Å². The molecule has 0 spiro atoms. The van der Waals surface area contributed by atoms with Crippen LogP contribution in [0.15, 0.2) is 12.2 Å². The van der Waals surface area contributed by atoms with Crippen LogP contribution >= 0.6 is 0 Å². The van der Waals surface area contributed by atoms with E-state index >= 15 is 9.59 Å². The summed E-state index contributed by atoms with van der Waals surface area (Å²) in [5, 5.41) is 42.5. The Labute approximate surface area is 573 Å². The Balaban J connectivity index is 0.00000745. The van der Waals surface area contributed by atoms with E-state index in [2.05, 4.69) is 26.6 Å². The topological polar surface area (TPSA) is 348 Å². The summed E-state index contributed by atoms with van der Waals surface area (Å²) in [6, 6.07) is -13.0. The summed E-state index contributed by atoms with van der Waals surface area (Å²) in [7, 11) is 9.92. The Morgan fingerprint density at radius 3 is 1.36 bits per heavy atom. The van der Waals surface area contributed by atoms with E-state index in [1.165, 1.54) is 87.7 Å². The van der Waals surface area contributed by atoms with E-state index in [0.717, 1.165) is 9.80 Å². The minimum Gasteiger partial charge on any atom is -0.480 e. The van der Waals surface area contributed by atoms with Crippen LogP contribution in [0.1, 0.15) is 176 Å². The number of carbonyl (C=O) groups is 12. The summed E-state index contributed by atoms with van der Waals surface area (Å²) >= 11 is 0. The fraction of sp³-hybridized carbons (Fsp3) is 0.797. The number of carboxylic acids is 1. The number of aliphatic hydroxyl groups is 2. The number of hydrogen-bond donors (Lipinski definition) is 8. The van der Waals surface area contributed by atoms with Gasteiger partial charge in [-0.1, -0.05) is 123 Å². The number of hydrogen-bond acceptors (Lipinski definition) is 15. The predicted octanol–water partition coefficient (Wildman–Crippen LogP) is 3.29. The molecule has 1 saturated heterocycles. The SMILES string of the molecule is C/C=C/C[C@@H](C)[C@@H](O)[C@H]1C(=O)N[C@@H](CC)C(=O)N(C)CC(=O)N(C)[C@@H](CC(C)C)C(=O)N[C@@H](C(C)C)C(=O)N(C)[C@@H](CC(C)C)C(=O)N[C@@H](C)C(=O)N[C@H](C)C(=O)N(C)[C@@H](CC(C)C)C(=O)N(C)[C@@H](CC(C)C)C(=O)N(C)[C@@H](C(C)C)C(=O)N1C.CC(C)CC(NCO)C(=O)O. The van der Waals surface area contributed by atoms with Gasteiger partial charge in [0.2, 0.25) is 65.0 Å². The van der Waals surface area contributed by atoms with E-state index in [1.807, 2.05) is 75.3 Å². The lowest BCUT2D eigenvalue weighted by Gasteiger charge is -2.41. The van der Waals surface area contributed by atoms with Gasteiger partial charge in [-0.15, -0.1) is 0 Å². The maximum atomic E-state index is 15.1. The van der Waals surface area contributed by atoms with Crippen molar-refractivity contribution in [3.8, 4) is 0 Å². The molecule has 0 saturated carbocycles. The summed E-state index contributed by atoms with van der Waals surface area (Å²) in [6.45, 7) is 32.9. The van der Waals surface area contributed by atoms with Crippen molar-refractivity contribution in [2.45, 2.75) is 249 Å². The van der Waals surface area contributed by atoms with Gasteiger partial charge in [-0.3, -0.25) is 62.9 Å². The number of aliphatic carboxylic acids is 1. The molecule has 0 aromatic heterocycles. The number of likely N-dealkylation sites (N-methyl/N-ethyl adjacent to an activating group) is 7. The van der Waals surface area contributed by atoms with Gasteiger partial charge in [0.1, 0.15) is 66.5 Å². The molecule has 0 aliphatic carbocycles. The van der Waals surface area contributed by atoms with Crippen LogP contribution in [0.2, 0.25) is 0 Å². The predicted molar refractivity (Wildman–Crippen MR) is 370 cm³/mol. The second kappa shape index (κ2) is 42.2. The van der Waals surface area contributed by atoms with E-state index in [4.69, 9.17) is 10.2 Å². The molecule has 27 heteroatoms. The number of aliphatic hydroxyl groups excluding tert-OH is 2. The number of allylic oxidation sites excluding steroid dienone is 2. The van der Waals surface area contributed by atoms with Crippen molar-refractivity contribution >= 4 is 70.9 Å². The highest BCUT2D eigenvalue weighted by molar-refractivity contribution is 5.99. The van der Waals surface area contributed by atoms with Crippen LogP contribution in [0.25, 0.3) is 0 Å². The number of rotatable bonds is 20. The third-order valence-electron chi connectivity index (χ3n) is 17.4. The molecule has 0 radical (unpaired) electrons. The van der Waals surface area contributed by atoms with E-state index in [-0.39, 0.29) is 62.5 Å². The first kappa shape index (κ1) is 89.3. The van der Waals surface area contributed by atoms with Gasteiger partial charge in [-0.2, -0.15) is 0 Å². The van der Waals surface area contributed by atoms with Crippen LogP contribution < -0.4 is 26.6 Å². The van der Waals surface area contributed by atoms with Gasteiger partial charge in [0.25, 0.3) is 0 Å². The number of carbonyl (C=O) groups excluding carboxylic acids is 11. The monoisotopic (exact) mass is 1360 g/mol. The van der Waals surface area contributed by atoms with Crippen LogP contribution in [0.3, 0.4) is 0 Å². The fourth-order valence-electron chi connectivity index (χ4n) is 11.5. The summed E-state index contributed by atoms with van der Waals surface area (Å²) in [5.74, 6) is -10.3. The normalized spacial score (nSPS) is 25.4. The third kappa shape index (κ3) is 27.3. The van der Waals surface area contributed by atoms with Crippen molar-refractivity contribution in [1.82, 2.24) is 60.9 Å². The van der Waals surface area contributed by atoms with E-state index in [9.17, 15) is 53.1 Å². The van der Waals surface area contributed by atoms with Gasteiger partial charge < -0.3 is 70.9 Å². The smallest absolute Gasteiger partial charge is 0.320 e. The molecule has 0 aromatic rings. The lowest BCUT2D eigenvalue weighted by Crippen LogP contribution is -2.63. The zero-order valence-electron chi connectivity index (χ0n) is 62.9. The molecule has 27 nitrogen and oxygen atoms in total. The molecule has 1 unspecified atom stereocenters. The standard InChI is InChI=1S/C62H111N11O12.C7H15NO3/c1-25-27-28-40(15)52(75)51-56(79)65-43(26-2)58(81)67(18)33-48(74)68(19)44(29-34(3)4)55(78)66-49(38(11)12)61(84)69(20)45(30-35(5)6)54(77)63-41(16)53(76)64-42(17)57(80)70(21)46(31-36(7)8)59(82)71(22)47(32-37(9)10)60(83)72(23)50(39(13)14)62(85)73(51)24;1-5(2)3-6(7(10)11)8-4-9/h25,27,34-47,49-52,75H,26,28-33H2,1-24H3,(H,63,77)(H,64,76)(H,65,79)(H,66,78);5-6,8-9H,3-4H2,1-2H3,(H,10,11)/b27-25+;/t40-,41+,42-,43+,44+,45+,46+,47+,49+,50+,51+,52-;/m1./s1. The maximum Gasteiger partial charge on any atom is 0.320 e. The molecule has 8 N–H and O–H groups in total. The maximum absolute atomic E-state index is 15.1. The average Bonchev–Trinajstić information content (AvgIpc) is 0.818. The van der Waals surface area contributed by atoms with Gasteiger partial charge in [0.15, 0.2) is 0 Å². The summed E-state index contributed by atoms with van der Waals surface area (Å²) in [6.07, 6.45) is 3.58. The quantitative estimate of drug-likeness (QED) is 0.0640. The minimum absolute atomic E-state index is 0.0229. The second-order valence-corrected chi connectivity index (χ2v) is 29.0. The molecule has 1 heterocycles. The summed E-state index contributed by atoms with van der Waals surface area (Å²) < 4.78 is 0. The summed E-state index contributed by atoms with van der Waals surface area (Å²) in [4.78, 5) is 179. The summed E-state index contributed by atoms with van der Waals surface area (Å²) in [5.41, 5.74) is 0. The van der Waals surface area contributed by atoms with Gasteiger partial charge >= 0.3 is 5.97 Å². The number of amides is 11. The molecule has 13 atom stereocenters. The van der Waals surface area contributed by atoms with Crippen LogP contribution in [-0.2, 0) is 57.5 Å². The lowest BCUT2D eigenvalue weighted by molar-refractivity contribution is -0.157. The van der Waals surface area contributed by atoms with Gasteiger partial charge in [0.05, 0.1) is 19.4 Å². The molecule has 96 heavy (non-hydrogen) atoms. The first-order valence-electron chi connectivity index (χ1n) is 34.2. The highest BCUT2D eigenvalue weighted by Gasteiger charge is 2.46. The van der Waals surface area contributed by atoms with Crippen LogP contribution in [0.5, 0.6) is 0 Å². The van der Waals surface area contributed by atoms with Crippen molar-refractivity contribution in [1.29, 1.82) is 0 Å². The number of carboxylic acid groups (broad SMARTS) is 1. The molecule has 11 amide bonds. The van der Waals surface area contributed by atoms with Gasteiger partial charge in [0, 0.05) is 49.3 Å². The number of nitrogens with zero attached hydrogens (tertiary/aromatic N) is 7. The zero-order chi connectivity index (χ0) is 74.8. The molecule has 1 aliphatic rings. The van der Waals surface area contributed by atoms with E-state index < -0.39 is 168 Å². The highest BCUT2D eigenvalue weighted by atomic mass is 16.4. The molecule has 552 valence electrons. The van der Waals surface area contributed by atoms with Crippen molar-refractivity contribution in [2.24, 2.45) is 47.3 Å². The lowest BCUT2D eigenvalue weighted by atomic mass is 9.91. The Kier molecular flexibility index (Phi) is 39.2. The Hall–Kier alpha value is -6.74. The largest absolute Gasteiger partial charge is 0.480 e. The van der Waals surface area contributed by atoms with E-state index in [1.54, 1.807) is 54.5 Å². The Bertz CT molecular complexity index is 2600. The van der Waals surface area contributed by atoms with Crippen LogP contribution in [0, 0.1) is 47.3 Å². The highest BCUT2D eigenvalue weighted by Crippen LogP contribution is 2.26. The molecule has 0 bridgehead atoms.